The molecule has 1 aliphatic rings. The second kappa shape index (κ2) is 6.17. The van der Waals surface area contributed by atoms with Gasteiger partial charge in [-0.2, -0.15) is 5.26 Å². The zero-order valence-corrected chi connectivity index (χ0v) is 11.5. The third-order valence-corrected chi connectivity index (χ3v) is 3.66. The van der Waals surface area contributed by atoms with E-state index in [0.717, 1.165) is 16.7 Å². The van der Waals surface area contributed by atoms with Crippen LogP contribution in [0.1, 0.15) is 12.0 Å². The van der Waals surface area contributed by atoms with E-state index >= 15 is 0 Å². The third kappa shape index (κ3) is 3.01. The van der Waals surface area contributed by atoms with Crippen LogP contribution in [0.2, 0.25) is 0 Å². The molecule has 1 saturated heterocycles. The quantitative estimate of drug-likeness (QED) is 0.861. The van der Waals surface area contributed by atoms with Crippen LogP contribution in [0.5, 0.6) is 0 Å². The zero-order valence-electron chi connectivity index (χ0n) is 9.90. The topological polar surface area (TPSA) is 36.3 Å². The van der Waals surface area contributed by atoms with E-state index < -0.39 is 0 Å². The molecular weight excluding hydrogens is 299 g/mol. The number of nitrogens with zero attached hydrogens (tertiary/aromatic N) is 2. The van der Waals surface area contributed by atoms with Gasteiger partial charge >= 0.3 is 0 Å². The van der Waals surface area contributed by atoms with Gasteiger partial charge in [-0.3, -0.25) is 4.39 Å². The van der Waals surface area contributed by atoms with Crippen LogP contribution in [0.15, 0.2) is 22.7 Å². The van der Waals surface area contributed by atoms with Crippen LogP contribution in [0.3, 0.4) is 0 Å². The number of morpholine rings is 1. The molecule has 0 N–H and O–H groups in total. The highest BCUT2D eigenvalue weighted by Gasteiger charge is 2.20. The smallest absolute Gasteiger partial charge is 0.100 e. The second-order valence-electron chi connectivity index (χ2n) is 4.19. The van der Waals surface area contributed by atoms with Gasteiger partial charge in [0, 0.05) is 29.7 Å². The molecule has 5 heteroatoms. The molecule has 0 radical (unpaired) electrons. The maximum absolute atomic E-state index is 12.3. The van der Waals surface area contributed by atoms with Crippen molar-refractivity contribution in [1.82, 2.24) is 0 Å². The Labute approximate surface area is 114 Å². The number of benzene rings is 1. The molecular formula is C13H14BrFN2O. The van der Waals surface area contributed by atoms with Crippen molar-refractivity contribution in [3.63, 3.8) is 0 Å². The first-order valence-electron chi connectivity index (χ1n) is 5.86. The lowest BCUT2D eigenvalue weighted by molar-refractivity contribution is 0.0312. The number of anilines is 1. The molecule has 96 valence electrons. The van der Waals surface area contributed by atoms with E-state index in [-0.39, 0.29) is 12.8 Å². The molecule has 18 heavy (non-hydrogen) atoms. The Kier molecular flexibility index (Phi) is 4.56. The van der Waals surface area contributed by atoms with Gasteiger partial charge in [-0.1, -0.05) is 0 Å². The van der Waals surface area contributed by atoms with E-state index in [2.05, 4.69) is 26.9 Å². The van der Waals surface area contributed by atoms with Gasteiger partial charge in [0.15, 0.2) is 0 Å². The predicted molar refractivity (Wildman–Crippen MR) is 71.4 cm³/mol. The van der Waals surface area contributed by atoms with E-state index in [0.29, 0.717) is 25.1 Å². The minimum Gasteiger partial charge on any atom is -0.374 e. The molecule has 1 atom stereocenters. The number of halogens is 2. The van der Waals surface area contributed by atoms with Crippen LogP contribution in [0.4, 0.5) is 10.1 Å². The molecule has 0 aliphatic carbocycles. The molecule has 0 saturated carbocycles. The van der Waals surface area contributed by atoms with Gasteiger partial charge in [0.05, 0.1) is 24.9 Å². The first-order chi connectivity index (χ1) is 8.74. The summed E-state index contributed by atoms with van der Waals surface area (Å²) in [6, 6.07) is 7.75. The molecule has 1 unspecified atom stereocenters. The molecule has 3 nitrogen and oxygen atoms in total. The number of alkyl halides is 1. The van der Waals surface area contributed by atoms with Crippen LogP contribution < -0.4 is 4.90 Å². The summed E-state index contributed by atoms with van der Waals surface area (Å²) >= 11 is 3.38. The number of ether oxygens (including phenoxy) is 1. The Morgan fingerprint density at radius 3 is 3.06 bits per heavy atom. The van der Waals surface area contributed by atoms with Crippen molar-refractivity contribution >= 4 is 21.6 Å². The van der Waals surface area contributed by atoms with E-state index in [1.807, 2.05) is 12.1 Å². The average molecular weight is 313 g/mol. The van der Waals surface area contributed by atoms with Crippen molar-refractivity contribution in [2.24, 2.45) is 0 Å². The lowest BCUT2D eigenvalue weighted by Crippen LogP contribution is -2.42. The van der Waals surface area contributed by atoms with Gasteiger partial charge in [0.1, 0.15) is 6.07 Å². The summed E-state index contributed by atoms with van der Waals surface area (Å²) in [5.41, 5.74) is 1.65. The average Bonchev–Trinajstić information content (AvgIpc) is 2.39. The molecule has 2 rings (SSSR count). The van der Waals surface area contributed by atoms with E-state index in [4.69, 9.17) is 10.00 Å². The van der Waals surface area contributed by atoms with E-state index in [1.165, 1.54) is 0 Å². The Hall–Kier alpha value is -1.12. The fraction of sp³-hybridized carbons (Fsp3) is 0.462. The molecule has 1 fully saturated rings. The molecule has 1 aromatic carbocycles. The molecule has 0 spiro atoms. The standard InChI is InChI=1S/C13H14BrFN2O/c14-13-7-11(2-1-10(13)8-16)17-5-6-18-12(9-17)3-4-15/h1-2,7,12H,3-6,9H2. The maximum Gasteiger partial charge on any atom is 0.100 e. The Morgan fingerprint density at radius 2 is 2.39 bits per heavy atom. The summed E-state index contributed by atoms with van der Waals surface area (Å²) in [5, 5.41) is 8.88. The Balaban J connectivity index is 2.11. The fourth-order valence-electron chi connectivity index (χ4n) is 2.04. The van der Waals surface area contributed by atoms with Crippen LogP contribution in [-0.2, 0) is 4.74 Å². The summed E-state index contributed by atoms with van der Waals surface area (Å²) in [7, 11) is 0. The minimum atomic E-state index is -0.352. The van der Waals surface area contributed by atoms with Gasteiger partial charge in [-0.05, 0) is 34.1 Å². The molecule has 1 heterocycles. The van der Waals surface area contributed by atoms with Gasteiger partial charge < -0.3 is 9.64 Å². The van der Waals surface area contributed by atoms with Crippen LogP contribution in [-0.4, -0.2) is 32.5 Å². The van der Waals surface area contributed by atoms with Crippen molar-refractivity contribution in [1.29, 1.82) is 5.26 Å². The van der Waals surface area contributed by atoms with Crippen LogP contribution in [0.25, 0.3) is 0 Å². The van der Waals surface area contributed by atoms with E-state index in [9.17, 15) is 4.39 Å². The normalized spacial score (nSPS) is 19.6. The summed E-state index contributed by atoms with van der Waals surface area (Å²) < 4.78 is 18.6. The van der Waals surface area contributed by atoms with Crippen molar-refractivity contribution < 1.29 is 9.13 Å². The molecule has 0 amide bonds. The van der Waals surface area contributed by atoms with Crippen molar-refractivity contribution in [2.45, 2.75) is 12.5 Å². The van der Waals surface area contributed by atoms with E-state index in [1.54, 1.807) is 6.07 Å². The van der Waals surface area contributed by atoms with Crippen molar-refractivity contribution in [2.75, 3.05) is 31.3 Å². The highest BCUT2D eigenvalue weighted by Crippen LogP contribution is 2.25. The summed E-state index contributed by atoms with van der Waals surface area (Å²) in [5.74, 6) is 0. The number of nitriles is 1. The zero-order chi connectivity index (χ0) is 13.0. The van der Waals surface area contributed by atoms with Crippen molar-refractivity contribution in [3.8, 4) is 6.07 Å². The van der Waals surface area contributed by atoms with Gasteiger partial charge in [-0.15, -0.1) is 0 Å². The third-order valence-electron chi connectivity index (χ3n) is 3.01. The predicted octanol–water partition coefficient (Wildman–Crippen LogP) is 2.89. The Morgan fingerprint density at radius 1 is 1.56 bits per heavy atom. The van der Waals surface area contributed by atoms with Gasteiger partial charge in [0.25, 0.3) is 0 Å². The molecule has 0 bridgehead atoms. The van der Waals surface area contributed by atoms with Crippen LogP contribution >= 0.6 is 15.9 Å². The Bertz CT molecular complexity index is 459. The maximum atomic E-state index is 12.3. The van der Waals surface area contributed by atoms with Gasteiger partial charge in [0.2, 0.25) is 0 Å². The highest BCUT2D eigenvalue weighted by molar-refractivity contribution is 9.10. The minimum absolute atomic E-state index is 0.0434. The van der Waals surface area contributed by atoms with Crippen LogP contribution in [0, 0.1) is 11.3 Å². The lowest BCUT2D eigenvalue weighted by atomic mass is 10.1. The van der Waals surface area contributed by atoms with Gasteiger partial charge in [-0.25, -0.2) is 0 Å². The summed E-state index contributed by atoms with van der Waals surface area (Å²) in [4.78, 5) is 2.16. The second-order valence-corrected chi connectivity index (χ2v) is 5.05. The first kappa shape index (κ1) is 13.3. The molecule has 1 aromatic rings. The molecule has 1 aliphatic heterocycles. The number of hydrogen-bond acceptors (Lipinski definition) is 3. The van der Waals surface area contributed by atoms with Crippen molar-refractivity contribution in [3.05, 3.63) is 28.2 Å². The molecule has 0 aromatic heterocycles. The first-order valence-corrected chi connectivity index (χ1v) is 6.66. The SMILES string of the molecule is N#Cc1ccc(N2CCOC(CCF)C2)cc1Br. The summed E-state index contributed by atoms with van der Waals surface area (Å²) in [6.45, 7) is 1.75. The monoisotopic (exact) mass is 312 g/mol. The highest BCUT2D eigenvalue weighted by atomic mass is 79.9. The fourth-order valence-corrected chi connectivity index (χ4v) is 2.50. The number of rotatable bonds is 3. The summed E-state index contributed by atoms with van der Waals surface area (Å²) in [6.07, 6.45) is 0.395. The number of hydrogen-bond donors (Lipinski definition) is 0. The largest absolute Gasteiger partial charge is 0.374 e. The lowest BCUT2D eigenvalue weighted by Gasteiger charge is -2.34.